The number of ether oxygens (including phenoxy) is 1. The Labute approximate surface area is 119 Å². The van der Waals surface area contributed by atoms with Gasteiger partial charge in [-0.1, -0.05) is 18.2 Å². The summed E-state index contributed by atoms with van der Waals surface area (Å²) in [5.74, 6) is 0.279. The molecule has 1 heterocycles. The van der Waals surface area contributed by atoms with Crippen molar-refractivity contribution in [2.45, 2.75) is 13.5 Å². The molecule has 0 saturated carbocycles. The lowest BCUT2D eigenvalue weighted by Crippen LogP contribution is -2.07. The van der Waals surface area contributed by atoms with Crippen LogP contribution in [0.5, 0.6) is 5.75 Å². The van der Waals surface area contributed by atoms with Crippen molar-refractivity contribution in [2.24, 2.45) is 0 Å². The maximum atomic E-state index is 12.5. The summed E-state index contributed by atoms with van der Waals surface area (Å²) in [7, 11) is 0. The third-order valence-corrected chi connectivity index (χ3v) is 3.16. The minimum atomic E-state index is -2.90. The molecule has 0 aliphatic carbocycles. The van der Waals surface area contributed by atoms with E-state index in [1.54, 1.807) is 22.8 Å². The molecule has 0 fully saturated rings. The molecule has 3 rings (SSSR count). The van der Waals surface area contributed by atoms with Crippen LogP contribution in [-0.2, 0) is 0 Å². The van der Waals surface area contributed by atoms with Crippen LogP contribution in [0.15, 0.2) is 42.5 Å². The van der Waals surface area contributed by atoms with Crippen LogP contribution in [0, 0.1) is 6.92 Å². The zero-order valence-corrected chi connectivity index (χ0v) is 11.3. The molecule has 0 aliphatic heterocycles. The van der Waals surface area contributed by atoms with E-state index in [0.717, 1.165) is 11.1 Å². The fourth-order valence-electron chi connectivity index (χ4n) is 2.29. The van der Waals surface area contributed by atoms with Crippen molar-refractivity contribution in [1.29, 1.82) is 0 Å². The number of hydrogen-bond acceptors (Lipinski definition) is 3. The van der Waals surface area contributed by atoms with E-state index in [9.17, 15) is 8.78 Å². The van der Waals surface area contributed by atoms with Gasteiger partial charge in [0.2, 0.25) is 5.95 Å². The molecule has 2 N–H and O–H groups in total. The number of anilines is 1. The summed E-state index contributed by atoms with van der Waals surface area (Å²) >= 11 is 0. The molecule has 6 heteroatoms. The number of benzene rings is 2. The summed E-state index contributed by atoms with van der Waals surface area (Å²) in [5.41, 5.74) is 8.85. The van der Waals surface area contributed by atoms with Gasteiger partial charge >= 0.3 is 6.61 Å². The number of nitrogens with zero attached hydrogens (tertiary/aromatic N) is 2. The van der Waals surface area contributed by atoms with Crippen molar-refractivity contribution in [2.75, 3.05) is 5.73 Å². The Bertz CT molecular complexity index is 799. The average molecular weight is 289 g/mol. The summed E-state index contributed by atoms with van der Waals surface area (Å²) in [6, 6.07) is 12.2. The topological polar surface area (TPSA) is 53.1 Å². The summed E-state index contributed by atoms with van der Waals surface area (Å²) in [6.07, 6.45) is 0. The van der Waals surface area contributed by atoms with Crippen molar-refractivity contribution in [3.05, 3.63) is 48.0 Å². The quantitative estimate of drug-likeness (QED) is 0.802. The monoisotopic (exact) mass is 289 g/mol. The molecule has 0 atom stereocenters. The van der Waals surface area contributed by atoms with E-state index < -0.39 is 6.61 Å². The van der Waals surface area contributed by atoms with Crippen LogP contribution in [0.4, 0.5) is 14.7 Å². The average Bonchev–Trinajstić information content (AvgIpc) is 2.74. The van der Waals surface area contributed by atoms with Gasteiger partial charge in [0, 0.05) is 0 Å². The molecule has 0 spiro atoms. The Morgan fingerprint density at radius 2 is 1.95 bits per heavy atom. The summed E-state index contributed by atoms with van der Waals surface area (Å²) in [6.45, 7) is -0.960. The van der Waals surface area contributed by atoms with Gasteiger partial charge in [0.05, 0.1) is 16.7 Å². The fourth-order valence-corrected chi connectivity index (χ4v) is 2.29. The summed E-state index contributed by atoms with van der Waals surface area (Å²) in [5, 5.41) is 0. The van der Waals surface area contributed by atoms with E-state index in [1.807, 2.05) is 25.1 Å². The number of aromatic nitrogens is 2. The second-order valence-electron chi connectivity index (χ2n) is 4.64. The number of imidazole rings is 1. The molecule has 0 amide bonds. The fraction of sp³-hybridized carbons (Fsp3) is 0.133. The molecule has 1 aromatic heterocycles. The van der Waals surface area contributed by atoms with Crippen LogP contribution in [-0.4, -0.2) is 16.2 Å². The second-order valence-corrected chi connectivity index (χ2v) is 4.64. The zero-order valence-electron chi connectivity index (χ0n) is 11.3. The van der Waals surface area contributed by atoms with Gasteiger partial charge in [-0.05, 0) is 36.8 Å². The number of para-hydroxylation sites is 2. The Balaban J connectivity index is 2.25. The SMILES string of the molecule is Cc1ccc2nc(N)n(-c3ccccc3OC(F)F)c2c1. The minimum absolute atomic E-state index is 0.0556. The first kappa shape index (κ1) is 13.4. The van der Waals surface area contributed by atoms with Crippen LogP contribution < -0.4 is 10.5 Å². The third kappa shape index (κ3) is 2.40. The summed E-state index contributed by atoms with van der Waals surface area (Å²) < 4.78 is 31.3. The normalized spacial score (nSPS) is 11.2. The predicted molar refractivity (Wildman–Crippen MR) is 76.9 cm³/mol. The van der Waals surface area contributed by atoms with Crippen molar-refractivity contribution >= 4 is 17.0 Å². The highest BCUT2D eigenvalue weighted by Gasteiger charge is 2.16. The van der Waals surface area contributed by atoms with E-state index in [0.29, 0.717) is 11.2 Å². The van der Waals surface area contributed by atoms with Gasteiger partial charge < -0.3 is 10.5 Å². The van der Waals surface area contributed by atoms with Crippen LogP contribution in [0.2, 0.25) is 0 Å². The molecular formula is C15H13F2N3O. The van der Waals surface area contributed by atoms with Gasteiger partial charge in [-0.25, -0.2) is 4.98 Å². The van der Waals surface area contributed by atoms with Gasteiger partial charge in [0.15, 0.2) is 0 Å². The lowest BCUT2D eigenvalue weighted by molar-refractivity contribution is -0.0498. The second kappa shape index (κ2) is 5.05. The van der Waals surface area contributed by atoms with Gasteiger partial charge in [-0.15, -0.1) is 0 Å². The molecule has 4 nitrogen and oxygen atoms in total. The van der Waals surface area contributed by atoms with Gasteiger partial charge in [-0.2, -0.15) is 8.78 Å². The van der Waals surface area contributed by atoms with E-state index in [2.05, 4.69) is 9.72 Å². The Morgan fingerprint density at radius 1 is 1.19 bits per heavy atom. The molecule has 0 aliphatic rings. The molecular weight excluding hydrogens is 276 g/mol. The number of hydrogen-bond donors (Lipinski definition) is 1. The van der Waals surface area contributed by atoms with Crippen molar-refractivity contribution in [3.63, 3.8) is 0 Å². The van der Waals surface area contributed by atoms with Crippen LogP contribution >= 0.6 is 0 Å². The molecule has 3 aromatic rings. The van der Waals surface area contributed by atoms with E-state index in [-0.39, 0.29) is 11.7 Å². The van der Waals surface area contributed by atoms with Crippen LogP contribution in [0.1, 0.15) is 5.56 Å². The highest BCUT2D eigenvalue weighted by atomic mass is 19.3. The van der Waals surface area contributed by atoms with Gasteiger partial charge in [0.1, 0.15) is 5.75 Å². The first-order valence-corrected chi connectivity index (χ1v) is 6.35. The number of nitrogens with two attached hydrogens (primary N) is 1. The number of fused-ring (bicyclic) bond motifs is 1. The largest absolute Gasteiger partial charge is 0.433 e. The number of nitrogen functional groups attached to an aromatic ring is 1. The molecule has 0 unspecified atom stereocenters. The van der Waals surface area contributed by atoms with E-state index >= 15 is 0 Å². The molecule has 0 radical (unpaired) electrons. The highest BCUT2D eigenvalue weighted by molar-refractivity contribution is 5.82. The van der Waals surface area contributed by atoms with Crippen LogP contribution in [0.3, 0.4) is 0 Å². The molecule has 21 heavy (non-hydrogen) atoms. The Hall–Kier alpha value is -2.63. The number of halogens is 2. The number of alkyl halides is 2. The van der Waals surface area contributed by atoms with Gasteiger partial charge in [-0.3, -0.25) is 4.57 Å². The maximum absolute atomic E-state index is 12.5. The first-order valence-electron chi connectivity index (χ1n) is 6.35. The minimum Gasteiger partial charge on any atom is -0.433 e. The zero-order chi connectivity index (χ0) is 15.0. The van der Waals surface area contributed by atoms with Crippen molar-refractivity contribution in [3.8, 4) is 11.4 Å². The van der Waals surface area contributed by atoms with Crippen LogP contribution in [0.25, 0.3) is 16.7 Å². The lowest BCUT2D eigenvalue weighted by Gasteiger charge is -2.13. The van der Waals surface area contributed by atoms with E-state index in [4.69, 9.17) is 5.73 Å². The molecule has 2 aromatic carbocycles. The van der Waals surface area contributed by atoms with E-state index in [1.165, 1.54) is 6.07 Å². The maximum Gasteiger partial charge on any atom is 0.387 e. The Morgan fingerprint density at radius 3 is 2.71 bits per heavy atom. The summed E-state index contributed by atoms with van der Waals surface area (Å²) in [4.78, 5) is 4.25. The highest BCUT2D eigenvalue weighted by Crippen LogP contribution is 2.30. The smallest absolute Gasteiger partial charge is 0.387 e. The first-order chi connectivity index (χ1) is 10.1. The van der Waals surface area contributed by atoms with Crippen molar-refractivity contribution < 1.29 is 13.5 Å². The number of aryl methyl sites for hydroxylation is 1. The van der Waals surface area contributed by atoms with Crippen molar-refractivity contribution in [1.82, 2.24) is 9.55 Å². The third-order valence-electron chi connectivity index (χ3n) is 3.16. The number of rotatable bonds is 3. The molecule has 0 bridgehead atoms. The standard InChI is InChI=1S/C15H13F2N3O/c1-9-6-7-10-12(8-9)20(15(18)19-10)11-4-2-3-5-13(11)21-14(16)17/h2-8,14H,1H3,(H2,18,19). The van der Waals surface area contributed by atoms with Gasteiger partial charge in [0.25, 0.3) is 0 Å². The molecule has 0 saturated heterocycles. The molecule has 108 valence electrons. The predicted octanol–water partition coefficient (Wildman–Crippen LogP) is 3.52. The Kier molecular flexibility index (Phi) is 3.21. The lowest BCUT2D eigenvalue weighted by atomic mass is 10.2.